The van der Waals surface area contributed by atoms with E-state index in [1.165, 1.54) is 11.3 Å². The summed E-state index contributed by atoms with van der Waals surface area (Å²) in [5.74, 6) is -0.579. The highest BCUT2D eigenvalue weighted by atomic mass is 32.1. The molecule has 0 unspecified atom stereocenters. The first-order chi connectivity index (χ1) is 13.1. The van der Waals surface area contributed by atoms with Gasteiger partial charge in [0.05, 0.1) is 7.11 Å². The standard InChI is InChI=1S/C21H19NO4S/c1-26-16-10-8-15(9-11-16)17-13-27-20(19(17)21(24)25)22-18(23)12-7-14-5-3-2-4-6-14/h2-6,8-11,13H,7,12H2,1H3,(H,22,23)(H,24,25). The minimum absolute atomic E-state index is 0.109. The molecular weight excluding hydrogens is 362 g/mol. The number of aryl methyl sites for hydroxylation is 1. The number of carbonyl (C=O) groups excluding carboxylic acids is 1. The number of hydrogen-bond donors (Lipinski definition) is 2. The van der Waals surface area contributed by atoms with E-state index in [-0.39, 0.29) is 11.5 Å². The first kappa shape index (κ1) is 18.7. The molecule has 5 nitrogen and oxygen atoms in total. The van der Waals surface area contributed by atoms with Gasteiger partial charge in [-0.1, -0.05) is 42.5 Å². The van der Waals surface area contributed by atoms with Crippen LogP contribution in [0.15, 0.2) is 60.0 Å². The molecule has 1 heterocycles. The Bertz CT molecular complexity index is 933. The Morgan fingerprint density at radius 3 is 2.41 bits per heavy atom. The van der Waals surface area contributed by atoms with Crippen molar-refractivity contribution in [2.75, 3.05) is 12.4 Å². The molecule has 0 atom stereocenters. The lowest BCUT2D eigenvalue weighted by Crippen LogP contribution is -2.14. The molecule has 0 aliphatic carbocycles. The average Bonchev–Trinajstić information content (AvgIpc) is 3.11. The van der Waals surface area contributed by atoms with Crippen molar-refractivity contribution >= 4 is 28.2 Å². The van der Waals surface area contributed by atoms with E-state index in [1.807, 2.05) is 30.3 Å². The van der Waals surface area contributed by atoms with Gasteiger partial charge in [-0.3, -0.25) is 4.79 Å². The summed E-state index contributed by atoms with van der Waals surface area (Å²) in [7, 11) is 1.57. The van der Waals surface area contributed by atoms with Gasteiger partial charge in [-0.2, -0.15) is 0 Å². The van der Waals surface area contributed by atoms with Crippen LogP contribution in [0.3, 0.4) is 0 Å². The maximum Gasteiger partial charge on any atom is 0.339 e. The molecule has 0 saturated heterocycles. The lowest BCUT2D eigenvalue weighted by atomic mass is 10.0. The van der Waals surface area contributed by atoms with Crippen LogP contribution in [0, 0.1) is 0 Å². The van der Waals surface area contributed by atoms with Crippen molar-refractivity contribution in [2.24, 2.45) is 0 Å². The van der Waals surface area contributed by atoms with E-state index in [0.717, 1.165) is 11.1 Å². The van der Waals surface area contributed by atoms with E-state index in [4.69, 9.17) is 4.74 Å². The summed E-state index contributed by atoms with van der Waals surface area (Å²) in [5, 5.41) is 14.5. The van der Waals surface area contributed by atoms with Crippen LogP contribution < -0.4 is 10.1 Å². The smallest absolute Gasteiger partial charge is 0.339 e. The van der Waals surface area contributed by atoms with Gasteiger partial charge in [-0.25, -0.2) is 4.79 Å². The number of hydrogen-bond acceptors (Lipinski definition) is 4. The zero-order valence-corrected chi connectivity index (χ0v) is 15.6. The molecule has 0 spiro atoms. The van der Waals surface area contributed by atoms with Gasteiger partial charge in [0.1, 0.15) is 16.3 Å². The van der Waals surface area contributed by atoms with Crippen molar-refractivity contribution in [3.63, 3.8) is 0 Å². The Kier molecular flexibility index (Phi) is 5.88. The third-order valence-corrected chi connectivity index (χ3v) is 5.04. The van der Waals surface area contributed by atoms with Crippen LogP contribution in [-0.2, 0) is 11.2 Å². The van der Waals surface area contributed by atoms with Crippen LogP contribution in [0.5, 0.6) is 5.75 Å². The van der Waals surface area contributed by atoms with Crippen LogP contribution in [0.2, 0.25) is 0 Å². The molecule has 1 amide bonds. The van der Waals surface area contributed by atoms with Crippen molar-refractivity contribution in [1.29, 1.82) is 0 Å². The Labute approximate surface area is 161 Å². The summed E-state index contributed by atoms with van der Waals surface area (Å²) >= 11 is 1.22. The number of rotatable bonds is 7. The van der Waals surface area contributed by atoms with Gasteiger partial charge in [0, 0.05) is 17.4 Å². The van der Waals surface area contributed by atoms with Crippen molar-refractivity contribution in [2.45, 2.75) is 12.8 Å². The summed E-state index contributed by atoms with van der Waals surface area (Å²) in [4.78, 5) is 24.1. The number of carbonyl (C=O) groups is 2. The maximum absolute atomic E-state index is 12.3. The fraction of sp³-hybridized carbons (Fsp3) is 0.143. The predicted molar refractivity (Wildman–Crippen MR) is 107 cm³/mol. The Balaban J connectivity index is 1.76. The number of nitrogens with one attached hydrogen (secondary N) is 1. The molecule has 0 bridgehead atoms. The first-order valence-corrected chi connectivity index (χ1v) is 9.29. The lowest BCUT2D eigenvalue weighted by molar-refractivity contribution is -0.116. The normalized spacial score (nSPS) is 10.4. The van der Waals surface area contributed by atoms with Crippen LogP contribution >= 0.6 is 11.3 Å². The number of thiophene rings is 1. The number of aromatic carboxylic acids is 1. The molecule has 0 saturated carbocycles. The van der Waals surface area contributed by atoms with E-state index in [0.29, 0.717) is 29.2 Å². The van der Waals surface area contributed by atoms with Gasteiger partial charge in [-0.05, 0) is 29.7 Å². The highest BCUT2D eigenvalue weighted by Crippen LogP contribution is 2.36. The van der Waals surface area contributed by atoms with Crippen LogP contribution in [-0.4, -0.2) is 24.1 Å². The molecule has 6 heteroatoms. The van der Waals surface area contributed by atoms with Gasteiger partial charge in [-0.15, -0.1) is 11.3 Å². The van der Waals surface area contributed by atoms with Gasteiger partial charge < -0.3 is 15.2 Å². The maximum atomic E-state index is 12.3. The molecule has 3 aromatic rings. The minimum atomic E-state index is -1.07. The number of amides is 1. The molecule has 3 rings (SSSR count). The number of carboxylic acid groups (broad SMARTS) is 1. The Hall–Kier alpha value is -3.12. The monoisotopic (exact) mass is 381 g/mol. The quantitative estimate of drug-likeness (QED) is 0.622. The summed E-state index contributed by atoms with van der Waals surface area (Å²) in [6, 6.07) is 16.9. The average molecular weight is 381 g/mol. The summed E-state index contributed by atoms with van der Waals surface area (Å²) in [6.45, 7) is 0. The topological polar surface area (TPSA) is 75.6 Å². The number of ether oxygens (including phenoxy) is 1. The molecule has 0 aliphatic rings. The highest BCUT2D eigenvalue weighted by Gasteiger charge is 2.21. The van der Waals surface area contributed by atoms with E-state index < -0.39 is 5.97 Å². The summed E-state index contributed by atoms with van der Waals surface area (Å²) in [6.07, 6.45) is 0.893. The Morgan fingerprint density at radius 2 is 1.78 bits per heavy atom. The predicted octanol–water partition coefficient (Wildman–Crippen LogP) is 4.69. The molecule has 0 aliphatic heterocycles. The summed E-state index contributed by atoms with van der Waals surface area (Å²) < 4.78 is 5.13. The van der Waals surface area contributed by atoms with E-state index >= 15 is 0 Å². The van der Waals surface area contributed by atoms with Crippen molar-refractivity contribution < 1.29 is 19.4 Å². The second kappa shape index (κ2) is 8.51. The third-order valence-electron chi connectivity index (χ3n) is 4.14. The fourth-order valence-electron chi connectivity index (χ4n) is 2.74. The molecule has 0 radical (unpaired) electrons. The SMILES string of the molecule is COc1ccc(-c2csc(NC(=O)CCc3ccccc3)c2C(=O)O)cc1. The molecular formula is C21H19NO4S. The number of benzene rings is 2. The number of methoxy groups -OCH3 is 1. The van der Waals surface area contributed by atoms with Crippen LogP contribution in [0.4, 0.5) is 5.00 Å². The molecule has 27 heavy (non-hydrogen) atoms. The Morgan fingerprint density at radius 1 is 1.07 bits per heavy atom. The second-order valence-electron chi connectivity index (χ2n) is 5.92. The summed E-state index contributed by atoms with van der Waals surface area (Å²) in [5.41, 5.74) is 2.51. The van der Waals surface area contributed by atoms with Crippen molar-refractivity contribution in [1.82, 2.24) is 0 Å². The molecule has 138 valence electrons. The van der Waals surface area contributed by atoms with E-state index in [1.54, 1.807) is 36.8 Å². The van der Waals surface area contributed by atoms with Crippen LogP contribution in [0.1, 0.15) is 22.3 Å². The van der Waals surface area contributed by atoms with Crippen molar-refractivity contribution in [3.8, 4) is 16.9 Å². The van der Waals surface area contributed by atoms with Gasteiger partial charge in [0.25, 0.3) is 0 Å². The van der Waals surface area contributed by atoms with Gasteiger partial charge >= 0.3 is 5.97 Å². The number of anilines is 1. The van der Waals surface area contributed by atoms with Gasteiger partial charge in [0.2, 0.25) is 5.91 Å². The second-order valence-corrected chi connectivity index (χ2v) is 6.80. The third kappa shape index (κ3) is 4.54. The van der Waals surface area contributed by atoms with E-state index in [2.05, 4.69) is 5.32 Å². The molecule has 1 aromatic heterocycles. The zero-order chi connectivity index (χ0) is 19.2. The van der Waals surface area contributed by atoms with Gasteiger partial charge in [0.15, 0.2) is 0 Å². The molecule has 2 aromatic carbocycles. The number of carboxylic acids is 1. The largest absolute Gasteiger partial charge is 0.497 e. The first-order valence-electron chi connectivity index (χ1n) is 8.41. The zero-order valence-electron chi connectivity index (χ0n) is 14.8. The lowest BCUT2D eigenvalue weighted by Gasteiger charge is -2.07. The minimum Gasteiger partial charge on any atom is -0.497 e. The fourth-order valence-corrected chi connectivity index (χ4v) is 3.71. The van der Waals surface area contributed by atoms with E-state index in [9.17, 15) is 14.7 Å². The van der Waals surface area contributed by atoms with Crippen LogP contribution in [0.25, 0.3) is 11.1 Å². The molecule has 0 fully saturated rings. The van der Waals surface area contributed by atoms with Crippen molar-refractivity contribution in [3.05, 3.63) is 71.1 Å². The highest BCUT2D eigenvalue weighted by molar-refractivity contribution is 7.15. The molecule has 2 N–H and O–H groups in total.